The minimum atomic E-state index is -0.0424. The molecular formula is C28H34ClN3O2. The molecule has 4 aliphatic rings. The molecule has 34 heavy (non-hydrogen) atoms. The lowest BCUT2D eigenvalue weighted by atomic mass is 9.48. The Morgan fingerprint density at radius 3 is 2.68 bits per heavy atom. The second-order valence-electron chi connectivity index (χ2n) is 11.6. The lowest BCUT2D eigenvalue weighted by molar-refractivity contribution is -0.137. The molecule has 5 rings (SSSR count). The maximum atomic E-state index is 13.5. The molecule has 5 nitrogen and oxygen atoms in total. The summed E-state index contributed by atoms with van der Waals surface area (Å²) in [6.45, 7) is 6.94. The molecule has 1 aliphatic heterocycles. The Morgan fingerprint density at radius 1 is 1.21 bits per heavy atom. The van der Waals surface area contributed by atoms with Crippen molar-refractivity contribution in [2.45, 2.75) is 65.7 Å². The van der Waals surface area contributed by atoms with E-state index in [2.05, 4.69) is 32.2 Å². The van der Waals surface area contributed by atoms with Gasteiger partial charge in [-0.3, -0.25) is 9.59 Å². The molecule has 3 fully saturated rings. The first-order chi connectivity index (χ1) is 16.1. The summed E-state index contributed by atoms with van der Waals surface area (Å²) >= 11 is 6.34. The van der Waals surface area contributed by atoms with Crippen LogP contribution in [0.25, 0.3) is 0 Å². The van der Waals surface area contributed by atoms with Crippen LogP contribution in [0.5, 0.6) is 0 Å². The Hall–Kier alpha value is -2.32. The van der Waals surface area contributed by atoms with E-state index in [0.717, 1.165) is 38.5 Å². The van der Waals surface area contributed by atoms with E-state index >= 15 is 0 Å². The molecule has 1 N–H and O–H groups in total. The molecule has 0 unspecified atom stereocenters. The third kappa shape index (κ3) is 3.33. The number of likely N-dealkylation sites (tertiary alicyclic amines) is 1. The fraction of sp³-hybridized carbons (Fsp3) is 0.607. The number of amides is 2. The van der Waals surface area contributed by atoms with Crippen LogP contribution in [0.15, 0.2) is 29.5 Å². The highest BCUT2D eigenvalue weighted by Crippen LogP contribution is 2.66. The number of hydrogen-bond donors (Lipinski definition) is 1. The van der Waals surface area contributed by atoms with E-state index < -0.39 is 0 Å². The van der Waals surface area contributed by atoms with Crippen molar-refractivity contribution in [3.05, 3.63) is 40.1 Å². The molecule has 6 heteroatoms. The van der Waals surface area contributed by atoms with E-state index in [1.165, 1.54) is 11.3 Å². The lowest BCUT2D eigenvalue weighted by Crippen LogP contribution is -2.54. The van der Waals surface area contributed by atoms with Gasteiger partial charge < -0.3 is 10.2 Å². The molecule has 1 aromatic rings. The van der Waals surface area contributed by atoms with E-state index in [1.807, 2.05) is 11.9 Å². The van der Waals surface area contributed by atoms with Gasteiger partial charge in [-0.05, 0) is 86.8 Å². The predicted molar refractivity (Wildman–Crippen MR) is 133 cm³/mol. The molecule has 1 heterocycles. The summed E-state index contributed by atoms with van der Waals surface area (Å²) in [6.07, 6.45) is 6.72. The Bertz CT molecular complexity index is 1140. The van der Waals surface area contributed by atoms with Gasteiger partial charge in [0.15, 0.2) is 0 Å². The van der Waals surface area contributed by atoms with Crippen LogP contribution in [0.2, 0.25) is 5.02 Å². The van der Waals surface area contributed by atoms with Crippen LogP contribution in [0, 0.1) is 45.8 Å². The molecule has 0 spiro atoms. The standard InChI is InChI=1S/C28H34ClN3O2/c1-16-13-18-19-6-7-21(26(34)31-23-8-5-17(15-30)14-22(23)29)27(19,2)11-9-20(18)28(3)12-10-24(33)32(4)25(16)28/h5,8,14,18-21H,6-7,9-13H2,1-4H3,(H,31,34)/t18-,19-,20-,21+,27-,28+/m0/s1. The topological polar surface area (TPSA) is 73.2 Å². The summed E-state index contributed by atoms with van der Waals surface area (Å²) in [5.74, 6) is 1.88. The number of piperidine rings is 1. The van der Waals surface area contributed by atoms with Crippen molar-refractivity contribution in [2.75, 3.05) is 12.4 Å². The second kappa shape index (κ2) is 8.12. The van der Waals surface area contributed by atoms with Gasteiger partial charge in [0.05, 0.1) is 22.3 Å². The number of nitrogens with one attached hydrogen (secondary N) is 1. The van der Waals surface area contributed by atoms with Gasteiger partial charge in [-0.15, -0.1) is 0 Å². The van der Waals surface area contributed by atoms with E-state index in [0.29, 0.717) is 40.4 Å². The summed E-state index contributed by atoms with van der Waals surface area (Å²) < 4.78 is 0. The number of nitriles is 1. The largest absolute Gasteiger partial charge is 0.325 e. The van der Waals surface area contributed by atoms with Gasteiger partial charge in [-0.2, -0.15) is 5.26 Å². The zero-order valence-corrected chi connectivity index (χ0v) is 21.3. The van der Waals surface area contributed by atoms with Crippen molar-refractivity contribution < 1.29 is 9.59 Å². The van der Waals surface area contributed by atoms with Gasteiger partial charge in [-0.25, -0.2) is 0 Å². The van der Waals surface area contributed by atoms with Crippen LogP contribution >= 0.6 is 11.6 Å². The summed E-state index contributed by atoms with van der Waals surface area (Å²) in [7, 11) is 1.95. The van der Waals surface area contributed by atoms with Gasteiger partial charge in [0, 0.05) is 30.5 Å². The van der Waals surface area contributed by atoms with E-state index in [-0.39, 0.29) is 28.6 Å². The molecule has 3 aliphatic carbocycles. The van der Waals surface area contributed by atoms with Gasteiger partial charge in [0.2, 0.25) is 11.8 Å². The maximum Gasteiger partial charge on any atom is 0.228 e. The minimum Gasteiger partial charge on any atom is -0.325 e. The smallest absolute Gasteiger partial charge is 0.228 e. The molecule has 2 saturated carbocycles. The first-order valence-corrected chi connectivity index (χ1v) is 12.9. The Kier molecular flexibility index (Phi) is 5.60. The third-order valence-corrected chi connectivity index (χ3v) is 10.3. The highest BCUT2D eigenvalue weighted by atomic mass is 35.5. The monoisotopic (exact) mass is 479 g/mol. The molecule has 0 radical (unpaired) electrons. The summed E-state index contributed by atoms with van der Waals surface area (Å²) in [4.78, 5) is 27.9. The van der Waals surface area contributed by atoms with E-state index in [4.69, 9.17) is 16.9 Å². The van der Waals surface area contributed by atoms with Crippen LogP contribution < -0.4 is 5.32 Å². The predicted octanol–water partition coefficient (Wildman–Crippen LogP) is 6.15. The van der Waals surface area contributed by atoms with Gasteiger partial charge >= 0.3 is 0 Å². The Balaban J connectivity index is 1.40. The number of rotatable bonds is 2. The summed E-state index contributed by atoms with van der Waals surface area (Å²) in [5, 5.41) is 12.6. The van der Waals surface area contributed by atoms with E-state index in [9.17, 15) is 9.59 Å². The van der Waals surface area contributed by atoms with Crippen LogP contribution in [-0.2, 0) is 9.59 Å². The number of carbonyl (C=O) groups excluding carboxylic acids is 2. The second-order valence-corrected chi connectivity index (χ2v) is 12.0. The Morgan fingerprint density at radius 2 is 1.97 bits per heavy atom. The number of allylic oxidation sites excluding steroid dienone is 2. The average Bonchev–Trinajstić information content (AvgIpc) is 3.15. The van der Waals surface area contributed by atoms with Gasteiger partial charge in [0.25, 0.3) is 0 Å². The van der Waals surface area contributed by atoms with Crippen molar-refractivity contribution in [1.82, 2.24) is 4.90 Å². The first kappa shape index (κ1) is 23.4. The van der Waals surface area contributed by atoms with Crippen LogP contribution in [-0.4, -0.2) is 23.8 Å². The SMILES string of the molecule is CC1=C2N(C)C(=O)CC[C@]2(C)[C@H]2CC[C@]3(C)[C@@H](C(=O)Nc4ccc(C#N)cc4Cl)CC[C@H]3[C@@H]2C1. The molecule has 0 aromatic heterocycles. The zero-order chi connectivity index (χ0) is 24.4. The zero-order valence-electron chi connectivity index (χ0n) is 20.6. The fourth-order valence-electron chi connectivity index (χ4n) is 8.45. The number of halogens is 1. The average molecular weight is 480 g/mol. The number of fused-ring (bicyclic) bond motifs is 5. The van der Waals surface area contributed by atoms with Crippen molar-refractivity contribution in [3.8, 4) is 6.07 Å². The van der Waals surface area contributed by atoms with E-state index in [1.54, 1.807) is 18.2 Å². The molecule has 1 aromatic carbocycles. The first-order valence-electron chi connectivity index (χ1n) is 12.6. The van der Waals surface area contributed by atoms with Crippen LogP contribution in [0.4, 0.5) is 5.69 Å². The quantitative estimate of drug-likeness (QED) is 0.553. The number of hydrogen-bond acceptors (Lipinski definition) is 3. The van der Waals surface area contributed by atoms with Crippen molar-refractivity contribution in [2.24, 2.45) is 34.5 Å². The highest BCUT2D eigenvalue weighted by Gasteiger charge is 2.61. The normalized spacial score (nSPS) is 36.9. The highest BCUT2D eigenvalue weighted by molar-refractivity contribution is 6.33. The number of benzene rings is 1. The maximum absolute atomic E-state index is 13.5. The lowest BCUT2D eigenvalue weighted by Gasteiger charge is -2.59. The molecule has 2 amide bonds. The third-order valence-electron chi connectivity index (χ3n) is 9.98. The Labute approximate surface area is 207 Å². The van der Waals surface area contributed by atoms with Crippen LogP contribution in [0.3, 0.4) is 0 Å². The van der Waals surface area contributed by atoms with Crippen molar-refractivity contribution >= 4 is 29.1 Å². The van der Waals surface area contributed by atoms with Crippen LogP contribution in [0.1, 0.15) is 71.3 Å². The summed E-state index contributed by atoms with van der Waals surface area (Å²) in [6, 6.07) is 7.10. The minimum absolute atomic E-state index is 0.0329. The van der Waals surface area contributed by atoms with Crippen molar-refractivity contribution in [3.63, 3.8) is 0 Å². The van der Waals surface area contributed by atoms with Gasteiger partial charge in [-0.1, -0.05) is 31.0 Å². The molecule has 6 atom stereocenters. The van der Waals surface area contributed by atoms with Gasteiger partial charge in [0.1, 0.15) is 0 Å². The molecule has 1 saturated heterocycles. The number of anilines is 1. The molecule has 0 bridgehead atoms. The van der Waals surface area contributed by atoms with Crippen molar-refractivity contribution in [1.29, 1.82) is 5.26 Å². The molecule has 180 valence electrons. The molecular weight excluding hydrogens is 446 g/mol. The number of carbonyl (C=O) groups is 2. The summed E-state index contributed by atoms with van der Waals surface area (Å²) in [5.41, 5.74) is 3.72. The fourth-order valence-corrected chi connectivity index (χ4v) is 8.67. The number of nitrogens with zero attached hydrogens (tertiary/aromatic N) is 2.